The molecular formula is C12H14N2S. The molecule has 0 spiro atoms. The SMILES string of the molecule is Cc1nc(CCNc2ccccc2)cs1. The summed E-state index contributed by atoms with van der Waals surface area (Å²) in [5, 5.41) is 6.64. The van der Waals surface area contributed by atoms with E-state index in [9.17, 15) is 0 Å². The molecule has 0 radical (unpaired) electrons. The Labute approximate surface area is 94.0 Å². The fourth-order valence-electron chi connectivity index (χ4n) is 1.41. The number of hydrogen-bond donors (Lipinski definition) is 1. The summed E-state index contributed by atoms with van der Waals surface area (Å²) < 4.78 is 0. The molecule has 1 aromatic carbocycles. The lowest BCUT2D eigenvalue weighted by Crippen LogP contribution is -2.04. The van der Waals surface area contributed by atoms with Gasteiger partial charge in [-0.05, 0) is 19.1 Å². The van der Waals surface area contributed by atoms with Crippen LogP contribution in [0.25, 0.3) is 0 Å². The van der Waals surface area contributed by atoms with Crippen molar-refractivity contribution in [2.45, 2.75) is 13.3 Å². The predicted molar refractivity (Wildman–Crippen MR) is 65.5 cm³/mol. The molecule has 78 valence electrons. The van der Waals surface area contributed by atoms with Crippen LogP contribution in [-0.4, -0.2) is 11.5 Å². The van der Waals surface area contributed by atoms with E-state index in [4.69, 9.17) is 0 Å². The second-order valence-electron chi connectivity index (χ2n) is 3.40. The quantitative estimate of drug-likeness (QED) is 0.853. The van der Waals surface area contributed by atoms with Crippen molar-refractivity contribution in [3.8, 4) is 0 Å². The Hall–Kier alpha value is -1.35. The van der Waals surface area contributed by atoms with Gasteiger partial charge in [0.15, 0.2) is 0 Å². The van der Waals surface area contributed by atoms with Crippen molar-refractivity contribution < 1.29 is 0 Å². The van der Waals surface area contributed by atoms with E-state index in [0.29, 0.717) is 0 Å². The fourth-order valence-corrected chi connectivity index (χ4v) is 2.06. The summed E-state index contributed by atoms with van der Waals surface area (Å²) in [5.74, 6) is 0. The second-order valence-corrected chi connectivity index (χ2v) is 4.46. The van der Waals surface area contributed by atoms with Crippen LogP contribution in [0.3, 0.4) is 0 Å². The predicted octanol–water partition coefficient (Wildman–Crippen LogP) is 3.11. The summed E-state index contributed by atoms with van der Waals surface area (Å²) in [7, 11) is 0. The molecule has 0 aliphatic heterocycles. The highest BCUT2D eigenvalue weighted by Gasteiger charge is 1.97. The smallest absolute Gasteiger partial charge is 0.0897 e. The molecule has 0 atom stereocenters. The Balaban J connectivity index is 1.80. The number of aromatic nitrogens is 1. The summed E-state index contributed by atoms with van der Waals surface area (Å²) in [6.45, 7) is 2.98. The Morgan fingerprint density at radius 2 is 2.07 bits per heavy atom. The molecule has 2 rings (SSSR count). The summed E-state index contributed by atoms with van der Waals surface area (Å²) in [6.07, 6.45) is 0.985. The topological polar surface area (TPSA) is 24.9 Å². The van der Waals surface area contributed by atoms with E-state index < -0.39 is 0 Å². The van der Waals surface area contributed by atoms with Gasteiger partial charge in [0, 0.05) is 24.0 Å². The van der Waals surface area contributed by atoms with Gasteiger partial charge in [0.25, 0.3) is 0 Å². The Bertz CT molecular complexity index is 409. The van der Waals surface area contributed by atoms with Crippen LogP contribution in [0.15, 0.2) is 35.7 Å². The lowest BCUT2D eigenvalue weighted by atomic mass is 10.3. The lowest BCUT2D eigenvalue weighted by Gasteiger charge is -2.03. The monoisotopic (exact) mass is 218 g/mol. The molecule has 2 nitrogen and oxygen atoms in total. The first kappa shape index (κ1) is 10.2. The third-order valence-corrected chi connectivity index (χ3v) is 2.97. The Morgan fingerprint density at radius 1 is 1.27 bits per heavy atom. The standard InChI is InChI=1S/C12H14N2S/c1-10-14-12(9-15-10)7-8-13-11-5-3-2-4-6-11/h2-6,9,13H,7-8H2,1H3. The van der Waals surface area contributed by atoms with Gasteiger partial charge in [0.05, 0.1) is 10.7 Å². The minimum atomic E-state index is 0.938. The maximum Gasteiger partial charge on any atom is 0.0897 e. The van der Waals surface area contributed by atoms with Crippen molar-refractivity contribution in [1.29, 1.82) is 0 Å². The average Bonchev–Trinajstić information content (AvgIpc) is 2.66. The van der Waals surface area contributed by atoms with Crippen molar-refractivity contribution in [1.82, 2.24) is 4.98 Å². The number of benzene rings is 1. The van der Waals surface area contributed by atoms with E-state index >= 15 is 0 Å². The maximum absolute atomic E-state index is 4.42. The number of thiazole rings is 1. The first-order valence-electron chi connectivity index (χ1n) is 5.04. The number of hydrogen-bond acceptors (Lipinski definition) is 3. The molecule has 3 heteroatoms. The average molecular weight is 218 g/mol. The largest absolute Gasteiger partial charge is 0.385 e. The summed E-state index contributed by atoms with van der Waals surface area (Å²) >= 11 is 1.71. The zero-order chi connectivity index (χ0) is 10.5. The van der Waals surface area contributed by atoms with Crippen molar-refractivity contribution in [2.75, 3.05) is 11.9 Å². The van der Waals surface area contributed by atoms with Crippen LogP contribution in [-0.2, 0) is 6.42 Å². The van der Waals surface area contributed by atoms with Gasteiger partial charge >= 0.3 is 0 Å². The van der Waals surface area contributed by atoms with Crippen LogP contribution >= 0.6 is 11.3 Å². The first-order valence-corrected chi connectivity index (χ1v) is 5.92. The van der Waals surface area contributed by atoms with Gasteiger partial charge < -0.3 is 5.32 Å². The highest BCUT2D eigenvalue weighted by atomic mass is 32.1. The highest BCUT2D eigenvalue weighted by molar-refractivity contribution is 7.09. The molecular weight excluding hydrogens is 204 g/mol. The van der Waals surface area contributed by atoms with Crippen molar-refractivity contribution >= 4 is 17.0 Å². The number of nitrogens with zero attached hydrogens (tertiary/aromatic N) is 1. The zero-order valence-electron chi connectivity index (χ0n) is 8.73. The number of para-hydroxylation sites is 1. The molecule has 0 aliphatic rings. The molecule has 0 bridgehead atoms. The van der Waals surface area contributed by atoms with Gasteiger partial charge in [0.1, 0.15) is 0 Å². The molecule has 1 aromatic heterocycles. The Kier molecular flexibility index (Phi) is 3.35. The third-order valence-electron chi connectivity index (χ3n) is 2.15. The number of aryl methyl sites for hydroxylation is 1. The Morgan fingerprint density at radius 3 is 2.73 bits per heavy atom. The molecule has 0 saturated carbocycles. The van der Waals surface area contributed by atoms with Crippen LogP contribution in [0.5, 0.6) is 0 Å². The number of nitrogens with one attached hydrogen (secondary N) is 1. The minimum Gasteiger partial charge on any atom is -0.385 e. The normalized spacial score (nSPS) is 10.2. The second kappa shape index (κ2) is 4.94. The summed E-state index contributed by atoms with van der Waals surface area (Å²) in [6, 6.07) is 10.2. The van der Waals surface area contributed by atoms with E-state index in [1.807, 2.05) is 25.1 Å². The minimum absolute atomic E-state index is 0.938. The molecule has 0 saturated heterocycles. The van der Waals surface area contributed by atoms with Crippen LogP contribution in [0.2, 0.25) is 0 Å². The van der Waals surface area contributed by atoms with Gasteiger partial charge in [-0.3, -0.25) is 0 Å². The van der Waals surface area contributed by atoms with Crippen molar-refractivity contribution in [2.24, 2.45) is 0 Å². The highest BCUT2D eigenvalue weighted by Crippen LogP contribution is 2.09. The molecule has 1 N–H and O–H groups in total. The maximum atomic E-state index is 4.42. The molecule has 0 fully saturated rings. The van der Waals surface area contributed by atoms with Crippen LogP contribution in [0.4, 0.5) is 5.69 Å². The molecule has 0 aliphatic carbocycles. The fraction of sp³-hybridized carbons (Fsp3) is 0.250. The molecule has 15 heavy (non-hydrogen) atoms. The summed E-state index contributed by atoms with van der Waals surface area (Å²) in [4.78, 5) is 4.42. The van der Waals surface area contributed by atoms with Gasteiger partial charge in [-0.15, -0.1) is 11.3 Å². The van der Waals surface area contributed by atoms with Crippen molar-refractivity contribution in [3.63, 3.8) is 0 Å². The first-order chi connectivity index (χ1) is 7.34. The molecule has 0 unspecified atom stereocenters. The third kappa shape index (κ3) is 3.06. The number of anilines is 1. The molecule has 2 aromatic rings. The van der Waals surface area contributed by atoms with E-state index in [1.54, 1.807) is 11.3 Å². The van der Waals surface area contributed by atoms with Gasteiger partial charge in [-0.1, -0.05) is 18.2 Å². The van der Waals surface area contributed by atoms with E-state index in [-0.39, 0.29) is 0 Å². The van der Waals surface area contributed by atoms with Crippen LogP contribution in [0.1, 0.15) is 10.7 Å². The van der Waals surface area contributed by atoms with Crippen molar-refractivity contribution in [3.05, 3.63) is 46.4 Å². The van der Waals surface area contributed by atoms with E-state index in [1.165, 1.54) is 11.4 Å². The number of rotatable bonds is 4. The molecule has 0 amide bonds. The van der Waals surface area contributed by atoms with E-state index in [2.05, 4.69) is 27.8 Å². The lowest BCUT2D eigenvalue weighted by molar-refractivity contribution is 0.968. The van der Waals surface area contributed by atoms with Crippen LogP contribution in [0, 0.1) is 6.92 Å². The van der Waals surface area contributed by atoms with E-state index in [0.717, 1.165) is 18.0 Å². The van der Waals surface area contributed by atoms with Gasteiger partial charge in [-0.25, -0.2) is 4.98 Å². The van der Waals surface area contributed by atoms with Crippen LogP contribution < -0.4 is 5.32 Å². The molecule has 1 heterocycles. The van der Waals surface area contributed by atoms with Gasteiger partial charge in [-0.2, -0.15) is 0 Å². The summed E-state index contributed by atoms with van der Waals surface area (Å²) in [5.41, 5.74) is 2.35. The van der Waals surface area contributed by atoms with Gasteiger partial charge in [0.2, 0.25) is 0 Å². The zero-order valence-corrected chi connectivity index (χ0v) is 9.55.